The van der Waals surface area contributed by atoms with Gasteiger partial charge in [0.15, 0.2) is 0 Å². The Kier molecular flexibility index (Phi) is 6.69. The van der Waals surface area contributed by atoms with E-state index in [9.17, 15) is 9.59 Å². The van der Waals surface area contributed by atoms with Crippen molar-refractivity contribution >= 4 is 17.5 Å². The Balaban J connectivity index is 1.51. The summed E-state index contributed by atoms with van der Waals surface area (Å²) in [6, 6.07) is 17.7. The van der Waals surface area contributed by atoms with Crippen molar-refractivity contribution in [2.24, 2.45) is 5.92 Å². The summed E-state index contributed by atoms with van der Waals surface area (Å²) in [6.07, 6.45) is 0.385. The molecule has 1 aliphatic heterocycles. The van der Waals surface area contributed by atoms with Crippen LogP contribution in [0.4, 0.5) is 5.69 Å². The number of carbonyl (C=O) groups excluding carboxylic acids is 2. The highest BCUT2D eigenvalue weighted by molar-refractivity contribution is 5.97. The second-order valence-corrected chi connectivity index (χ2v) is 7.43. The summed E-state index contributed by atoms with van der Waals surface area (Å²) in [4.78, 5) is 26.7. The standard InChI is InChI=1S/C23H28N2O3/c1-17(2)19(18-8-4-3-5-9-18)16-24-22(26)12-13-23(27)25-14-15-28-21-11-7-6-10-20(21)25/h3-11,17,19H,12-16H2,1-2H3,(H,24,26). The van der Waals surface area contributed by atoms with Crippen LogP contribution in [-0.4, -0.2) is 31.5 Å². The number of para-hydroxylation sites is 2. The van der Waals surface area contributed by atoms with E-state index in [1.807, 2.05) is 42.5 Å². The zero-order valence-corrected chi connectivity index (χ0v) is 16.6. The molecule has 1 heterocycles. The fraction of sp³-hybridized carbons (Fsp3) is 0.391. The van der Waals surface area contributed by atoms with Gasteiger partial charge in [-0.2, -0.15) is 0 Å². The van der Waals surface area contributed by atoms with Crippen molar-refractivity contribution in [3.05, 3.63) is 60.2 Å². The second kappa shape index (κ2) is 9.40. The number of amides is 2. The van der Waals surface area contributed by atoms with Gasteiger partial charge in [0.1, 0.15) is 12.4 Å². The molecular weight excluding hydrogens is 352 g/mol. The van der Waals surface area contributed by atoms with Gasteiger partial charge in [-0.15, -0.1) is 0 Å². The molecule has 2 aromatic carbocycles. The molecule has 28 heavy (non-hydrogen) atoms. The maximum atomic E-state index is 12.6. The van der Waals surface area contributed by atoms with Gasteiger partial charge >= 0.3 is 0 Å². The molecule has 2 aromatic rings. The molecule has 0 aromatic heterocycles. The van der Waals surface area contributed by atoms with Crippen molar-refractivity contribution in [3.8, 4) is 5.75 Å². The average Bonchev–Trinajstić information content (AvgIpc) is 2.72. The third-order valence-corrected chi connectivity index (χ3v) is 5.15. The van der Waals surface area contributed by atoms with Crippen molar-refractivity contribution in [3.63, 3.8) is 0 Å². The Morgan fingerprint density at radius 3 is 2.50 bits per heavy atom. The van der Waals surface area contributed by atoms with Gasteiger partial charge < -0.3 is 15.0 Å². The van der Waals surface area contributed by atoms with Crippen LogP contribution in [0.1, 0.15) is 38.2 Å². The van der Waals surface area contributed by atoms with Gasteiger partial charge in [-0.25, -0.2) is 0 Å². The summed E-state index contributed by atoms with van der Waals surface area (Å²) in [7, 11) is 0. The molecule has 0 radical (unpaired) electrons. The Hall–Kier alpha value is -2.82. The normalized spacial score (nSPS) is 14.2. The summed E-state index contributed by atoms with van der Waals surface area (Å²) >= 11 is 0. The molecule has 2 amide bonds. The van der Waals surface area contributed by atoms with Gasteiger partial charge in [-0.3, -0.25) is 9.59 Å². The first-order valence-electron chi connectivity index (χ1n) is 9.90. The first-order valence-corrected chi connectivity index (χ1v) is 9.90. The topological polar surface area (TPSA) is 58.6 Å². The molecule has 0 fully saturated rings. The van der Waals surface area contributed by atoms with Crippen molar-refractivity contribution < 1.29 is 14.3 Å². The lowest BCUT2D eigenvalue weighted by Crippen LogP contribution is -2.38. The second-order valence-electron chi connectivity index (χ2n) is 7.43. The van der Waals surface area contributed by atoms with Gasteiger partial charge in [0.25, 0.3) is 0 Å². The number of rotatable bonds is 7. The summed E-state index contributed by atoms with van der Waals surface area (Å²) in [5, 5.41) is 3.01. The molecular formula is C23H28N2O3. The van der Waals surface area contributed by atoms with Crippen LogP contribution in [-0.2, 0) is 9.59 Å². The van der Waals surface area contributed by atoms with Gasteiger partial charge in [-0.05, 0) is 23.6 Å². The van der Waals surface area contributed by atoms with Crippen molar-refractivity contribution in [2.45, 2.75) is 32.6 Å². The summed E-state index contributed by atoms with van der Waals surface area (Å²) in [5.74, 6) is 1.25. The molecule has 0 saturated heterocycles. The van der Waals surface area contributed by atoms with E-state index in [1.54, 1.807) is 4.90 Å². The number of fused-ring (bicyclic) bond motifs is 1. The first-order chi connectivity index (χ1) is 13.6. The zero-order valence-electron chi connectivity index (χ0n) is 16.6. The lowest BCUT2D eigenvalue weighted by molar-refractivity contribution is -0.125. The van der Waals surface area contributed by atoms with Crippen LogP contribution in [0.3, 0.4) is 0 Å². The molecule has 0 aliphatic carbocycles. The highest BCUT2D eigenvalue weighted by atomic mass is 16.5. The summed E-state index contributed by atoms with van der Waals surface area (Å²) in [6.45, 7) is 5.88. The fourth-order valence-corrected chi connectivity index (χ4v) is 3.53. The van der Waals surface area contributed by atoms with Crippen LogP contribution in [0.2, 0.25) is 0 Å². The van der Waals surface area contributed by atoms with Gasteiger partial charge in [0, 0.05) is 25.3 Å². The molecule has 0 spiro atoms. The number of hydrogen-bond donors (Lipinski definition) is 1. The maximum absolute atomic E-state index is 12.6. The van der Waals surface area contributed by atoms with Gasteiger partial charge in [0.2, 0.25) is 11.8 Å². The quantitative estimate of drug-likeness (QED) is 0.796. The van der Waals surface area contributed by atoms with E-state index in [0.717, 1.165) is 5.69 Å². The van der Waals surface area contributed by atoms with Crippen LogP contribution in [0.15, 0.2) is 54.6 Å². The molecule has 1 N–H and O–H groups in total. The predicted octanol–water partition coefficient (Wildman–Crippen LogP) is 3.75. The molecule has 1 atom stereocenters. The minimum Gasteiger partial charge on any atom is -0.490 e. The van der Waals surface area contributed by atoms with E-state index in [2.05, 4.69) is 31.3 Å². The van der Waals surface area contributed by atoms with E-state index >= 15 is 0 Å². The Labute approximate surface area is 166 Å². The van der Waals surface area contributed by atoms with Crippen molar-refractivity contribution in [1.82, 2.24) is 5.32 Å². The Morgan fingerprint density at radius 1 is 1.04 bits per heavy atom. The monoisotopic (exact) mass is 380 g/mol. The van der Waals surface area contributed by atoms with Crippen LogP contribution in [0, 0.1) is 5.92 Å². The maximum Gasteiger partial charge on any atom is 0.227 e. The highest BCUT2D eigenvalue weighted by Crippen LogP contribution is 2.31. The first kappa shape index (κ1) is 19.9. The smallest absolute Gasteiger partial charge is 0.227 e. The third-order valence-electron chi connectivity index (χ3n) is 5.15. The Bertz CT molecular complexity index is 805. The predicted molar refractivity (Wildman–Crippen MR) is 111 cm³/mol. The van der Waals surface area contributed by atoms with E-state index in [0.29, 0.717) is 31.4 Å². The Morgan fingerprint density at radius 2 is 1.75 bits per heavy atom. The molecule has 1 aliphatic rings. The SMILES string of the molecule is CC(C)C(CNC(=O)CCC(=O)N1CCOc2ccccc21)c1ccccc1. The molecule has 5 heteroatoms. The number of nitrogens with zero attached hydrogens (tertiary/aromatic N) is 1. The number of ether oxygens (including phenoxy) is 1. The number of benzene rings is 2. The largest absolute Gasteiger partial charge is 0.490 e. The van der Waals surface area contributed by atoms with E-state index in [-0.39, 0.29) is 30.6 Å². The van der Waals surface area contributed by atoms with Gasteiger partial charge in [0.05, 0.1) is 12.2 Å². The fourth-order valence-electron chi connectivity index (χ4n) is 3.53. The van der Waals surface area contributed by atoms with E-state index in [4.69, 9.17) is 4.74 Å². The lowest BCUT2D eigenvalue weighted by Gasteiger charge is -2.29. The van der Waals surface area contributed by atoms with Crippen molar-refractivity contribution in [1.29, 1.82) is 0 Å². The third kappa shape index (κ3) is 4.91. The van der Waals surface area contributed by atoms with E-state index in [1.165, 1.54) is 5.56 Å². The number of nitrogens with one attached hydrogen (secondary N) is 1. The molecule has 1 unspecified atom stereocenters. The summed E-state index contributed by atoms with van der Waals surface area (Å²) < 4.78 is 5.59. The van der Waals surface area contributed by atoms with Gasteiger partial charge in [-0.1, -0.05) is 56.3 Å². The number of hydrogen-bond acceptors (Lipinski definition) is 3. The van der Waals surface area contributed by atoms with E-state index < -0.39 is 0 Å². The highest BCUT2D eigenvalue weighted by Gasteiger charge is 2.24. The van der Waals surface area contributed by atoms with Crippen LogP contribution in [0.25, 0.3) is 0 Å². The molecule has 0 bridgehead atoms. The molecule has 5 nitrogen and oxygen atoms in total. The minimum atomic E-state index is -0.0866. The molecule has 148 valence electrons. The average molecular weight is 380 g/mol. The molecule has 0 saturated carbocycles. The molecule has 3 rings (SSSR count). The zero-order chi connectivity index (χ0) is 19.9. The minimum absolute atomic E-state index is 0.0469. The van der Waals surface area contributed by atoms with Crippen LogP contribution < -0.4 is 15.0 Å². The summed E-state index contributed by atoms with van der Waals surface area (Å²) in [5.41, 5.74) is 2.00. The van der Waals surface area contributed by atoms with Crippen LogP contribution >= 0.6 is 0 Å². The van der Waals surface area contributed by atoms with Crippen LogP contribution in [0.5, 0.6) is 5.75 Å². The number of carbonyl (C=O) groups is 2. The number of anilines is 1. The van der Waals surface area contributed by atoms with Crippen molar-refractivity contribution in [2.75, 3.05) is 24.6 Å². The lowest BCUT2D eigenvalue weighted by atomic mass is 9.88.